The fourth-order valence-electron chi connectivity index (χ4n) is 8.98. The van der Waals surface area contributed by atoms with E-state index in [2.05, 4.69) is 50.4 Å². The van der Waals surface area contributed by atoms with Gasteiger partial charge in [0.15, 0.2) is 0 Å². The number of amides is 7. The van der Waals surface area contributed by atoms with Crippen molar-refractivity contribution in [1.29, 1.82) is 0 Å². The minimum Gasteiger partial charge on any atom is -0.508 e. The van der Waals surface area contributed by atoms with Crippen LogP contribution < -0.4 is 48.7 Å². The Balaban J connectivity index is 2.30. The van der Waals surface area contributed by atoms with Crippen molar-refractivity contribution in [1.82, 2.24) is 37.2 Å². The first-order valence-electron chi connectivity index (χ1n) is 28.7. The van der Waals surface area contributed by atoms with Crippen molar-refractivity contribution in [2.24, 2.45) is 23.3 Å². The topological polar surface area (TPSA) is 369 Å². The lowest BCUT2D eigenvalue weighted by Crippen LogP contribution is -2.49. The zero-order valence-corrected chi connectivity index (χ0v) is 48.9. The fraction of sp³-hybridized carbons (Fsp3) is 0.583. The van der Waals surface area contributed by atoms with Crippen LogP contribution >= 0.6 is 0 Å². The van der Waals surface area contributed by atoms with Gasteiger partial charge in [-0.25, -0.2) is 0 Å². The molecule has 9 atom stereocenters. The molecule has 0 fully saturated rings. The smallest absolute Gasteiger partial charge is 0.305 e. The lowest BCUT2D eigenvalue weighted by Gasteiger charge is -2.26. The van der Waals surface area contributed by atoms with Crippen molar-refractivity contribution in [3.05, 3.63) is 91.0 Å². The predicted molar refractivity (Wildman–Crippen MR) is 314 cm³/mol. The van der Waals surface area contributed by atoms with Crippen LogP contribution in [0.25, 0.3) is 0 Å². The Morgan fingerprint density at radius 1 is 0.530 bits per heavy atom. The predicted octanol–water partition coefficient (Wildman–Crippen LogP) is 3.20. The van der Waals surface area contributed by atoms with Gasteiger partial charge in [-0.3, -0.25) is 43.2 Å². The largest absolute Gasteiger partial charge is 0.508 e. The molecule has 2 aromatic carbocycles. The summed E-state index contributed by atoms with van der Waals surface area (Å²) in [4.78, 5) is 119. The number of carbonyl (C=O) groups is 9. The van der Waals surface area contributed by atoms with E-state index in [1.165, 1.54) is 24.3 Å². The summed E-state index contributed by atoms with van der Waals surface area (Å²) < 4.78 is 11.3. The van der Waals surface area contributed by atoms with Crippen LogP contribution in [0.15, 0.2) is 79.9 Å². The number of unbranched alkanes of at least 4 members (excludes halogenated alkanes) is 1. The Kier molecular flexibility index (Phi) is 35.4. The van der Waals surface area contributed by atoms with Crippen LogP contribution in [-0.4, -0.2) is 150 Å². The summed E-state index contributed by atoms with van der Waals surface area (Å²) in [5.74, 6) is -5.94. The van der Waals surface area contributed by atoms with Crippen LogP contribution in [0.1, 0.15) is 129 Å². The first-order valence-corrected chi connectivity index (χ1v) is 28.7. The number of phenols is 1. The zero-order valence-electron chi connectivity index (χ0n) is 48.9. The molecule has 23 nitrogen and oxygen atoms in total. The number of carboxylic acid groups (broad SMARTS) is 2. The summed E-state index contributed by atoms with van der Waals surface area (Å²) in [5.41, 5.74) is 13.3. The van der Waals surface area contributed by atoms with Gasteiger partial charge in [0.25, 0.3) is 0 Å². The molecule has 0 heterocycles. The monoisotopic (exact) mass is 1160 g/mol. The Morgan fingerprint density at radius 3 is 1.37 bits per heavy atom. The van der Waals surface area contributed by atoms with E-state index in [1.54, 1.807) is 24.3 Å². The minimum absolute atomic E-state index is 0.0108. The van der Waals surface area contributed by atoms with Gasteiger partial charge in [-0.1, -0.05) is 95.2 Å². The number of phenolic OH excluding ortho intramolecular Hbond substituents is 1. The van der Waals surface area contributed by atoms with Crippen LogP contribution in [-0.2, 0) is 65.5 Å². The normalized spacial score (nSPS) is 14.4. The number of nitrogens with two attached hydrogens (primary N) is 2. The molecular weight excluding hydrogens is 1070 g/mol. The molecule has 14 N–H and O–H groups in total. The standard InChI is InChI=1S/C60H93N9O14/c1-7-25-82-37-47(67-52(71)29-43(17-13-14-24-61)63-58(77)35-50(62)39(4)5)33-55(74)65-45(27-41-15-11-10-12-16-41)31-54(73)64-44(20-23-59(78)79)30-53(72)68-48(38-83-26-8-2)34-56(75)66-46(28-42-18-21-49(70)22-19-42)32-57(76)69-51(36-60(80)81)40(6)9-3/h7-8,10-12,15-16,18-19,21-22,39-40,43-48,50-51,70H,1-2,9,13-14,17,20,23-38,61-62H2,3-6H3,(H,63,77)(H,64,73)(H,65,74)(H,66,75)(H,67,71)(H,68,72)(H,69,76)(H,78,79)(H,80,81)/t40?,43-,44-,45-,46-,47+,48+,50+,51+/m0/s1. The van der Waals surface area contributed by atoms with Crippen molar-refractivity contribution < 1.29 is 67.9 Å². The van der Waals surface area contributed by atoms with Crippen molar-refractivity contribution in [2.45, 2.75) is 179 Å². The number of nitrogens with one attached hydrogen (secondary N) is 7. The number of hydrogen-bond acceptors (Lipinski definition) is 14. The summed E-state index contributed by atoms with van der Waals surface area (Å²) >= 11 is 0. The van der Waals surface area contributed by atoms with E-state index in [-0.39, 0.29) is 120 Å². The van der Waals surface area contributed by atoms with E-state index in [0.717, 1.165) is 5.56 Å². The van der Waals surface area contributed by atoms with Crippen molar-refractivity contribution in [2.75, 3.05) is 33.0 Å². The molecule has 2 rings (SSSR count). The van der Waals surface area contributed by atoms with Gasteiger partial charge in [0.05, 0.1) is 44.9 Å². The summed E-state index contributed by atoms with van der Waals surface area (Å²) in [5, 5.41) is 49.0. The molecule has 0 aliphatic heterocycles. The number of rotatable bonds is 45. The highest BCUT2D eigenvalue weighted by Gasteiger charge is 2.29. The summed E-state index contributed by atoms with van der Waals surface area (Å²) in [7, 11) is 0. The van der Waals surface area contributed by atoms with Gasteiger partial charge in [0, 0.05) is 87.6 Å². The second-order valence-corrected chi connectivity index (χ2v) is 21.5. The van der Waals surface area contributed by atoms with Crippen molar-refractivity contribution in [3.8, 4) is 5.75 Å². The highest BCUT2D eigenvalue weighted by atomic mass is 16.5. The SMILES string of the molecule is C=CCOC[C@@H](CC(=O)N[C@H](CC(=O)N[C@@H](CCC(=O)O)CC(=O)N[C@@H](COCC=C)CC(=O)N[C@H](CC(=O)N[C@H](CC(=O)O)C(C)CC)Cc1ccc(O)cc1)Cc1ccccc1)NC(=O)C[C@H](CCCCN)NC(=O)C[C@@H](N)C(C)C. The van der Waals surface area contributed by atoms with E-state index < -0.39 is 103 Å². The molecule has 7 amide bonds. The molecule has 0 spiro atoms. The first-order chi connectivity index (χ1) is 39.5. The van der Waals surface area contributed by atoms with E-state index in [0.29, 0.717) is 37.8 Å². The number of aliphatic carboxylic acids is 2. The third-order valence-corrected chi connectivity index (χ3v) is 13.7. The molecule has 0 aromatic heterocycles. The molecule has 83 heavy (non-hydrogen) atoms. The van der Waals surface area contributed by atoms with Gasteiger partial charge in [0.2, 0.25) is 41.4 Å². The van der Waals surface area contributed by atoms with Crippen molar-refractivity contribution >= 4 is 53.3 Å². The second-order valence-electron chi connectivity index (χ2n) is 21.5. The molecule has 1 unspecified atom stereocenters. The molecule has 0 radical (unpaired) electrons. The van der Waals surface area contributed by atoms with Gasteiger partial charge in [-0.05, 0) is 73.7 Å². The van der Waals surface area contributed by atoms with E-state index in [9.17, 15) is 58.5 Å². The van der Waals surface area contributed by atoms with Crippen LogP contribution in [0, 0.1) is 11.8 Å². The van der Waals surface area contributed by atoms with Gasteiger partial charge in [-0.15, -0.1) is 13.2 Å². The highest BCUT2D eigenvalue weighted by Crippen LogP contribution is 2.17. The number of carboxylic acids is 2. The van der Waals surface area contributed by atoms with Gasteiger partial charge in [-0.2, -0.15) is 0 Å². The Morgan fingerprint density at radius 2 is 0.940 bits per heavy atom. The molecule has 2 aromatic rings. The molecular formula is C60H93N9O14. The molecule has 0 bridgehead atoms. The number of benzene rings is 2. The molecule has 0 saturated heterocycles. The maximum atomic E-state index is 14.0. The third-order valence-electron chi connectivity index (χ3n) is 13.7. The highest BCUT2D eigenvalue weighted by molar-refractivity contribution is 5.84. The fourth-order valence-corrected chi connectivity index (χ4v) is 8.98. The zero-order chi connectivity index (χ0) is 61.7. The lowest BCUT2D eigenvalue weighted by atomic mass is 9.95. The molecule has 0 aliphatic rings. The van der Waals surface area contributed by atoms with Gasteiger partial charge in [0.1, 0.15) is 5.75 Å². The summed E-state index contributed by atoms with van der Waals surface area (Å²) in [6.07, 6.45) is 3.31. The first kappa shape index (κ1) is 71.9. The number of aromatic hydroxyl groups is 1. The van der Waals surface area contributed by atoms with Crippen molar-refractivity contribution in [3.63, 3.8) is 0 Å². The maximum Gasteiger partial charge on any atom is 0.305 e. The number of ether oxygens (including phenoxy) is 2. The Bertz CT molecular complexity index is 2340. The molecule has 462 valence electrons. The number of hydrogen-bond donors (Lipinski definition) is 12. The quantitative estimate of drug-likeness (QED) is 0.0335. The number of carbonyl (C=O) groups excluding carboxylic acids is 7. The minimum atomic E-state index is -1.18. The third kappa shape index (κ3) is 33.5. The Hall–Kier alpha value is -7.21. The summed E-state index contributed by atoms with van der Waals surface area (Å²) in [6, 6.07) is 9.20. The average molecular weight is 1160 g/mol. The Labute approximate surface area is 488 Å². The molecule has 0 aliphatic carbocycles. The van der Waals surface area contributed by atoms with Gasteiger partial charge < -0.3 is 73.5 Å². The van der Waals surface area contributed by atoms with Crippen LogP contribution in [0.4, 0.5) is 0 Å². The average Bonchev–Trinajstić information content (AvgIpc) is 3.42. The van der Waals surface area contributed by atoms with Gasteiger partial charge >= 0.3 is 11.9 Å². The molecule has 23 heteroatoms. The van der Waals surface area contributed by atoms with Crippen LogP contribution in [0.5, 0.6) is 5.75 Å². The van der Waals surface area contributed by atoms with Crippen LogP contribution in [0.3, 0.4) is 0 Å². The van der Waals surface area contributed by atoms with Crippen LogP contribution in [0.2, 0.25) is 0 Å². The van der Waals surface area contributed by atoms with E-state index in [4.69, 9.17) is 20.9 Å². The maximum absolute atomic E-state index is 14.0. The lowest BCUT2D eigenvalue weighted by molar-refractivity contribution is -0.139. The molecule has 0 saturated carbocycles. The summed E-state index contributed by atoms with van der Waals surface area (Å²) in [6.45, 7) is 15.2. The van der Waals surface area contributed by atoms with E-state index in [1.807, 2.05) is 45.9 Å². The van der Waals surface area contributed by atoms with E-state index >= 15 is 0 Å². The second kappa shape index (κ2) is 40.9.